The van der Waals surface area contributed by atoms with Crippen LogP contribution in [0.5, 0.6) is 5.75 Å². The van der Waals surface area contributed by atoms with Crippen molar-refractivity contribution in [2.45, 2.75) is 78.6 Å². The number of hydrogen-bond acceptors (Lipinski definition) is 4. The van der Waals surface area contributed by atoms with E-state index in [2.05, 4.69) is 188 Å². The normalized spacial score (nSPS) is 12.6. The molecule has 0 saturated carbocycles. The Bertz CT molecular complexity index is 3040. The molecule has 0 aliphatic rings. The predicted molar refractivity (Wildman–Crippen MR) is 246 cm³/mol. The summed E-state index contributed by atoms with van der Waals surface area (Å²) < 4.78 is 8.84. The summed E-state index contributed by atoms with van der Waals surface area (Å²) in [5.41, 5.74) is 13.9. The van der Waals surface area contributed by atoms with E-state index >= 15 is 0 Å². The van der Waals surface area contributed by atoms with Crippen molar-refractivity contribution in [3.8, 4) is 56.3 Å². The molecule has 0 fully saturated rings. The monoisotopic (exact) mass is 773 g/mol. The molecule has 6 aromatic carbocycles. The predicted octanol–water partition coefficient (Wildman–Crippen LogP) is 14.6. The van der Waals surface area contributed by atoms with Gasteiger partial charge in [0, 0.05) is 28.3 Å². The van der Waals surface area contributed by atoms with Crippen molar-refractivity contribution in [1.82, 2.24) is 14.5 Å². The van der Waals surface area contributed by atoms with E-state index in [1.165, 1.54) is 5.56 Å². The van der Waals surface area contributed by atoms with Crippen molar-refractivity contribution >= 4 is 33.0 Å². The van der Waals surface area contributed by atoms with Crippen molar-refractivity contribution in [3.05, 3.63) is 156 Å². The second-order valence-electron chi connectivity index (χ2n) is 19.0. The lowest BCUT2D eigenvalue weighted by atomic mass is 9.79. The van der Waals surface area contributed by atoms with Gasteiger partial charge in [-0.15, -0.1) is 0 Å². The summed E-state index contributed by atoms with van der Waals surface area (Å²) in [6.07, 6.45) is 1.88. The van der Waals surface area contributed by atoms with Crippen molar-refractivity contribution < 1.29 is 9.52 Å². The van der Waals surface area contributed by atoms with Gasteiger partial charge in [-0.1, -0.05) is 135 Å². The van der Waals surface area contributed by atoms with Crippen molar-refractivity contribution in [2.75, 3.05) is 0 Å². The van der Waals surface area contributed by atoms with Gasteiger partial charge in [-0.2, -0.15) is 0 Å². The Morgan fingerprint density at radius 2 is 1.20 bits per heavy atom. The maximum absolute atomic E-state index is 12.4. The smallest absolute Gasteiger partial charge is 0.149 e. The van der Waals surface area contributed by atoms with E-state index in [1.807, 2.05) is 18.3 Å². The van der Waals surface area contributed by atoms with Gasteiger partial charge in [0.2, 0.25) is 0 Å². The highest BCUT2D eigenvalue weighted by Gasteiger charge is 2.30. The van der Waals surface area contributed by atoms with Gasteiger partial charge in [0.15, 0.2) is 0 Å². The Kier molecular flexibility index (Phi) is 8.93. The second-order valence-corrected chi connectivity index (χ2v) is 19.0. The first-order valence-corrected chi connectivity index (χ1v) is 20.5. The summed E-state index contributed by atoms with van der Waals surface area (Å²) in [6, 6.07) is 46.7. The number of benzene rings is 6. The van der Waals surface area contributed by atoms with E-state index in [0.29, 0.717) is 11.4 Å². The fraction of sp³-hybridized carbons (Fsp3) is 0.222. The van der Waals surface area contributed by atoms with Crippen LogP contribution in [0.15, 0.2) is 144 Å². The zero-order chi connectivity index (χ0) is 41.4. The summed E-state index contributed by atoms with van der Waals surface area (Å²) in [5, 5.41) is 14.3. The van der Waals surface area contributed by atoms with Crippen molar-refractivity contribution in [2.24, 2.45) is 0 Å². The van der Waals surface area contributed by atoms with Crippen LogP contribution in [0, 0.1) is 0 Å². The lowest BCUT2D eigenvalue weighted by Gasteiger charge is -2.28. The summed E-state index contributed by atoms with van der Waals surface area (Å²) in [7, 11) is 0. The zero-order valence-corrected chi connectivity index (χ0v) is 35.5. The third-order valence-electron chi connectivity index (χ3n) is 11.6. The minimum absolute atomic E-state index is 0.0716. The highest BCUT2D eigenvalue weighted by Crippen LogP contribution is 2.46. The molecule has 0 spiro atoms. The third kappa shape index (κ3) is 6.78. The molecular formula is C54H51N3O2. The summed E-state index contributed by atoms with van der Waals surface area (Å²) >= 11 is 0. The molecule has 294 valence electrons. The van der Waals surface area contributed by atoms with E-state index in [0.717, 1.165) is 83.3 Å². The molecular weight excluding hydrogens is 723 g/mol. The van der Waals surface area contributed by atoms with Gasteiger partial charge in [-0.05, 0) is 105 Å². The second kappa shape index (κ2) is 13.8. The maximum Gasteiger partial charge on any atom is 0.149 e. The summed E-state index contributed by atoms with van der Waals surface area (Å²) in [5.74, 6) is 0.916. The number of rotatable bonds is 5. The van der Waals surface area contributed by atoms with Gasteiger partial charge in [0.05, 0.1) is 27.8 Å². The Hall–Kier alpha value is -6.46. The number of fused-ring (bicyclic) bond motifs is 5. The van der Waals surface area contributed by atoms with Crippen LogP contribution in [0.4, 0.5) is 0 Å². The number of phenolic OH excluding ortho intramolecular Hbond substituents is 1. The fourth-order valence-electron chi connectivity index (χ4n) is 8.24. The fourth-order valence-corrected chi connectivity index (χ4v) is 8.24. The van der Waals surface area contributed by atoms with Crippen LogP contribution in [-0.4, -0.2) is 19.6 Å². The molecule has 0 bridgehead atoms. The number of aromatic nitrogens is 3. The van der Waals surface area contributed by atoms with Gasteiger partial charge in [-0.25, -0.2) is 4.98 Å². The Morgan fingerprint density at radius 3 is 1.88 bits per heavy atom. The molecule has 0 aliphatic carbocycles. The largest absolute Gasteiger partial charge is 0.507 e. The number of pyridine rings is 1. The molecule has 1 N–H and O–H groups in total. The molecule has 0 radical (unpaired) electrons. The van der Waals surface area contributed by atoms with Gasteiger partial charge in [-0.3, -0.25) is 9.55 Å². The van der Waals surface area contributed by atoms with Gasteiger partial charge < -0.3 is 9.52 Å². The first-order valence-electron chi connectivity index (χ1n) is 20.5. The van der Waals surface area contributed by atoms with Crippen LogP contribution < -0.4 is 0 Å². The van der Waals surface area contributed by atoms with Crippen LogP contribution in [0.1, 0.15) is 79.0 Å². The van der Waals surface area contributed by atoms with Gasteiger partial charge >= 0.3 is 0 Å². The molecule has 0 atom stereocenters. The minimum Gasteiger partial charge on any atom is -0.507 e. The molecule has 3 aromatic heterocycles. The van der Waals surface area contributed by atoms with Crippen LogP contribution >= 0.6 is 0 Å². The minimum atomic E-state index is -0.323. The number of aromatic hydroxyl groups is 1. The summed E-state index contributed by atoms with van der Waals surface area (Å²) in [6.45, 7) is 19.9. The van der Waals surface area contributed by atoms with E-state index < -0.39 is 0 Å². The van der Waals surface area contributed by atoms with Crippen LogP contribution in [-0.2, 0) is 16.2 Å². The first kappa shape index (κ1) is 38.1. The average Bonchev–Trinajstić information content (AvgIpc) is 3.78. The van der Waals surface area contributed by atoms with E-state index in [-0.39, 0.29) is 22.0 Å². The molecule has 9 aromatic rings. The molecule has 5 nitrogen and oxygen atoms in total. The van der Waals surface area contributed by atoms with E-state index in [9.17, 15) is 5.11 Å². The lowest BCUT2D eigenvalue weighted by molar-refractivity contribution is 0.446. The number of hydrogen-bond donors (Lipinski definition) is 1. The van der Waals surface area contributed by atoms with Crippen LogP contribution in [0.25, 0.3) is 83.6 Å². The lowest BCUT2D eigenvalue weighted by Crippen LogP contribution is -2.17. The highest BCUT2D eigenvalue weighted by atomic mass is 16.3. The molecule has 5 heteroatoms. The third-order valence-corrected chi connectivity index (χ3v) is 11.6. The topological polar surface area (TPSA) is 64.1 Å². The maximum atomic E-state index is 12.4. The van der Waals surface area contributed by atoms with Gasteiger partial charge in [0.1, 0.15) is 28.3 Å². The van der Waals surface area contributed by atoms with Crippen molar-refractivity contribution in [3.63, 3.8) is 0 Å². The number of furan rings is 1. The Morgan fingerprint density at radius 1 is 0.542 bits per heavy atom. The molecule has 0 saturated heterocycles. The van der Waals surface area contributed by atoms with Crippen molar-refractivity contribution in [1.29, 1.82) is 0 Å². The number of nitrogens with zero attached hydrogens (tertiary/aromatic N) is 3. The Balaban J connectivity index is 1.38. The summed E-state index contributed by atoms with van der Waals surface area (Å²) in [4.78, 5) is 10.4. The van der Waals surface area contributed by atoms with E-state index in [1.54, 1.807) is 0 Å². The molecule has 0 aliphatic heterocycles. The molecule has 59 heavy (non-hydrogen) atoms. The van der Waals surface area contributed by atoms with Gasteiger partial charge in [0.25, 0.3) is 0 Å². The zero-order valence-electron chi connectivity index (χ0n) is 35.5. The average molecular weight is 774 g/mol. The molecule has 9 rings (SSSR count). The number of imidazole rings is 1. The SMILES string of the molecule is CC(C)(C)c1ccc(-n2c(-c3cc(C(C)(C)C)cc(C(C)(C)C)c3O)nc3c4c(ccc32)oc2ccc(-c3cc(-c5ccccc5)ccn3)cc24)c(-c2ccccc2)c1. The van der Waals surface area contributed by atoms with Crippen LogP contribution in [0.2, 0.25) is 0 Å². The number of phenols is 1. The molecule has 3 heterocycles. The molecule has 0 amide bonds. The Labute approximate surface area is 347 Å². The quantitative estimate of drug-likeness (QED) is 0.189. The standard InChI is InChI=1S/C54H51N3O2/c1-52(2,3)37-21-22-44(39(30-37)34-18-14-11-15-19-34)57-45-23-25-47-48(49(45)56-51(57)41-31-38(53(4,5)6)32-42(50(41)58)54(7,8)9)40-28-36(20-24-46(40)59-47)43-29-35(26-27-55-43)33-16-12-10-13-17-33/h10-32,58H,1-9H3. The highest BCUT2D eigenvalue weighted by molar-refractivity contribution is 6.18. The van der Waals surface area contributed by atoms with Crippen LogP contribution in [0.3, 0.4) is 0 Å². The van der Waals surface area contributed by atoms with E-state index in [4.69, 9.17) is 14.4 Å². The first-order chi connectivity index (χ1) is 28.1. The molecule has 0 unspecified atom stereocenters.